The van der Waals surface area contributed by atoms with Crippen LogP contribution in [0.2, 0.25) is 0 Å². The number of benzene rings is 1. The molecule has 138 valence electrons. The van der Waals surface area contributed by atoms with Crippen LogP contribution in [0.5, 0.6) is 0 Å². The minimum Gasteiger partial charge on any atom is -0.384 e. The van der Waals surface area contributed by atoms with Gasteiger partial charge in [0.25, 0.3) is 0 Å². The summed E-state index contributed by atoms with van der Waals surface area (Å²) in [6.07, 6.45) is 2.81. The second kappa shape index (κ2) is 7.55. The molecule has 1 atom stereocenters. The second-order valence-corrected chi connectivity index (χ2v) is 6.73. The van der Waals surface area contributed by atoms with Gasteiger partial charge in [-0.3, -0.25) is 4.79 Å². The summed E-state index contributed by atoms with van der Waals surface area (Å²) in [6.45, 7) is 1.83. The highest BCUT2D eigenvalue weighted by atomic mass is 16.5. The monoisotopic (exact) mass is 357 g/mol. The Balaban J connectivity index is 1.60. The molecule has 0 N–H and O–H groups in total. The number of aromatic nitrogens is 2. The van der Waals surface area contributed by atoms with Gasteiger partial charge in [-0.1, -0.05) is 23.4 Å². The SMILES string of the molecule is COCCC(=O)N1c2ccccc2CC1c1noc(C2CCOCC2)n1. The van der Waals surface area contributed by atoms with E-state index in [1.807, 2.05) is 24.3 Å². The Kier molecular flexibility index (Phi) is 4.99. The molecule has 0 radical (unpaired) electrons. The topological polar surface area (TPSA) is 77.7 Å². The number of carbonyl (C=O) groups excluding carboxylic acids is 1. The van der Waals surface area contributed by atoms with Crippen LogP contribution in [-0.2, 0) is 20.7 Å². The number of carbonyl (C=O) groups is 1. The molecule has 1 unspecified atom stereocenters. The maximum absolute atomic E-state index is 12.8. The Hall–Kier alpha value is -2.25. The molecule has 7 heteroatoms. The van der Waals surface area contributed by atoms with E-state index in [1.165, 1.54) is 0 Å². The zero-order chi connectivity index (χ0) is 17.9. The predicted octanol–water partition coefficient (Wildman–Crippen LogP) is 2.63. The maximum atomic E-state index is 12.8. The summed E-state index contributed by atoms with van der Waals surface area (Å²) >= 11 is 0. The third-order valence-electron chi connectivity index (χ3n) is 5.09. The van der Waals surface area contributed by atoms with E-state index in [4.69, 9.17) is 14.0 Å². The number of anilines is 1. The van der Waals surface area contributed by atoms with E-state index >= 15 is 0 Å². The fourth-order valence-electron chi connectivity index (χ4n) is 3.70. The fraction of sp³-hybridized carbons (Fsp3) is 0.526. The number of fused-ring (bicyclic) bond motifs is 1. The molecule has 1 aromatic carbocycles. The zero-order valence-corrected chi connectivity index (χ0v) is 14.9. The summed E-state index contributed by atoms with van der Waals surface area (Å²) in [4.78, 5) is 19.3. The number of amides is 1. The van der Waals surface area contributed by atoms with Crippen molar-refractivity contribution in [2.45, 2.75) is 37.6 Å². The maximum Gasteiger partial charge on any atom is 0.230 e. The highest BCUT2D eigenvalue weighted by molar-refractivity contribution is 5.96. The first kappa shape index (κ1) is 17.2. The Morgan fingerprint density at radius 2 is 2.12 bits per heavy atom. The Labute approximate surface area is 152 Å². The first-order chi connectivity index (χ1) is 12.8. The van der Waals surface area contributed by atoms with Gasteiger partial charge in [0, 0.05) is 38.3 Å². The van der Waals surface area contributed by atoms with Gasteiger partial charge < -0.3 is 18.9 Å². The number of nitrogens with zero attached hydrogens (tertiary/aromatic N) is 3. The lowest BCUT2D eigenvalue weighted by atomic mass is 10.0. The molecule has 1 saturated heterocycles. The minimum absolute atomic E-state index is 0.0132. The van der Waals surface area contributed by atoms with Crippen LogP contribution < -0.4 is 4.90 Å². The minimum atomic E-state index is -0.228. The van der Waals surface area contributed by atoms with E-state index in [1.54, 1.807) is 12.0 Å². The van der Waals surface area contributed by atoms with Crippen LogP contribution in [0.25, 0.3) is 0 Å². The average Bonchev–Trinajstić information content (AvgIpc) is 3.31. The van der Waals surface area contributed by atoms with Gasteiger partial charge in [0.15, 0.2) is 5.82 Å². The van der Waals surface area contributed by atoms with E-state index in [-0.39, 0.29) is 17.9 Å². The quantitative estimate of drug-likeness (QED) is 0.819. The fourth-order valence-corrected chi connectivity index (χ4v) is 3.70. The van der Waals surface area contributed by atoms with Gasteiger partial charge in [0.1, 0.15) is 6.04 Å². The van der Waals surface area contributed by atoms with Gasteiger partial charge in [-0.15, -0.1) is 0 Å². The van der Waals surface area contributed by atoms with Gasteiger partial charge in [0.05, 0.1) is 13.0 Å². The molecule has 7 nitrogen and oxygen atoms in total. The summed E-state index contributed by atoms with van der Waals surface area (Å²) in [7, 11) is 1.60. The van der Waals surface area contributed by atoms with E-state index in [2.05, 4.69) is 10.1 Å². The summed E-state index contributed by atoms with van der Waals surface area (Å²) in [5, 5.41) is 4.22. The molecule has 1 aromatic heterocycles. The highest BCUT2D eigenvalue weighted by Gasteiger charge is 2.37. The van der Waals surface area contributed by atoms with Crippen LogP contribution in [-0.4, -0.2) is 43.0 Å². The van der Waals surface area contributed by atoms with Crippen LogP contribution in [0.4, 0.5) is 5.69 Å². The number of methoxy groups -OCH3 is 1. The second-order valence-electron chi connectivity index (χ2n) is 6.73. The smallest absolute Gasteiger partial charge is 0.230 e. The van der Waals surface area contributed by atoms with E-state index in [9.17, 15) is 4.79 Å². The molecule has 2 aliphatic heterocycles. The van der Waals surface area contributed by atoms with Gasteiger partial charge in [-0.2, -0.15) is 4.98 Å². The molecule has 1 amide bonds. The Morgan fingerprint density at radius 1 is 1.31 bits per heavy atom. The van der Waals surface area contributed by atoms with E-state index in [0.29, 0.717) is 31.2 Å². The van der Waals surface area contributed by atoms with Crippen molar-refractivity contribution in [2.75, 3.05) is 31.8 Å². The third-order valence-corrected chi connectivity index (χ3v) is 5.09. The van der Waals surface area contributed by atoms with Gasteiger partial charge in [0.2, 0.25) is 11.8 Å². The largest absolute Gasteiger partial charge is 0.384 e. The lowest BCUT2D eigenvalue weighted by Gasteiger charge is -2.23. The molecule has 2 aliphatic rings. The highest BCUT2D eigenvalue weighted by Crippen LogP contribution is 2.40. The van der Waals surface area contributed by atoms with Crippen molar-refractivity contribution in [2.24, 2.45) is 0 Å². The zero-order valence-electron chi connectivity index (χ0n) is 14.9. The number of para-hydroxylation sites is 1. The Bertz CT molecular complexity index is 770. The van der Waals surface area contributed by atoms with Crippen LogP contribution in [0.15, 0.2) is 28.8 Å². The number of rotatable bonds is 5. The van der Waals surface area contributed by atoms with Crippen molar-refractivity contribution in [1.82, 2.24) is 10.1 Å². The molecule has 0 bridgehead atoms. The van der Waals surface area contributed by atoms with Crippen molar-refractivity contribution in [3.63, 3.8) is 0 Å². The number of hydrogen-bond acceptors (Lipinski definition) is 6. The molecular formula is C19H23N3O4. The first-order valence-corrected chi connectivity index (χ1v) is 9.08. The van der Waals surface area contributed by atoms with Crippen molar-refractivity contribution in [1.29, 1.82) is 0 Å². The van der Waals surface area contributed by atoms with Crippen LogP contribution in [0.3, 0.4) is 0 Å². The first-order valence-electron chi connectivity index (χ1n) is 9.08. The summed E-state index contributed by atoms with van der Waals surface area (Å²) in [5.74, 6) is 1.49. The normalized spacial score (nSPS) is 20.3. The van der Waals surface area contributed by atoms with E-state index < -0.39 is 0 Å². The van der Waals surface area contributed by atoms with Gasteiger partial charge in [-0.05, 0) is 24.5 Å². The third kappa shape index (κ3) is 3.24. The van der Waals surface area contributed by atoms with Crippen molar-refractivity contribution in [3.05, 3.63) is 41.5 Å². The van der Waals surface area contributed by atoms with Crippen LogP contribution in [0, 0.1) is 0 Å². The summed E-state index contributed by atoms with van der Waals surface area (Å²) in [5.41, 5.74) is 2.05. The number of hydrogen-bond donors (Lipinski definition) is 0. The average molecular weight is 357 g/mol. The molecule has 2 aromatic rings. The molecule has 0 spiro atoms. The molecule has 4 rings (SSSR count). The number of ether oxygens (including phenoxy) is 2. The lowest BCUT2D eigenvalue weighted by molar-refractivity contribution is -0.119. The summed E-state index contributed by atoms with van der Waals surface area (Å²) < 4.78 is 16.0. The van der Waals surface area contributed by atoms with Crippen molar-refractivity contribution >= 4 is 11.6 Å². The van der Waals surface area contributed by atoms with E-state index in [0.717, 1.165) is 37.3 Å². The van der Waals surface area contributed by atoms with Gasteiger partial charge >= 0.3 is 0 Å². The summed E-state index contributed by atoms with van der Waals surface area (Å²) in [6, 6.07) is 7.73. The molecule has 3 heterocycles. The Morgan fingerprint density at radius 3 is 2.92 bits per heavy atom. The lowest BCUT2D eigenvalue weighted by Crippen LogP contribution is -2.33. The molecule has 26 heavy (non-hydrogen) atoms. The molecule has 0 saturated carbocycles. The van der Waals surface area contributed by atoms with Crippen LogP contribution >= 0.6 is 0 Å². The van der Waals surface area contributed by atoms with Crippen LogP contribution in [0.1, 0.15) is 48.5 Å². The van der Waals surface area contributed by atoms with Crippen molar-refractivity contribution in [3.8, 4) is 0 Å². The van der Waals surface area contributed by atoms with Gasteiger partial charge in [-0.25, -0.2) is 0 Å². The van der Waals surface area contributed by atoms with Crippen molar-refractivity contribution < 1.29 is 18.8 Å². The standard InChI is InChI=1S/C19H23N3O4/c1-24-9-8-17(23)22-15-5-3-2-4-14(15)12-16(22)18-20-19(26-21-18)13-6-10-25-11-7-13/h2-5,13,16H,6-12H2,1H3. The molecule has 0 aliphatic carbocycles. The molecule has 1 fully saturated rings. The molecular weight excluding hydrogens is 334 g/mol. The predicted molar refractivity (Wildman–Crippen MR) is 94.0 cm³/mol.